The first-order valence-electron chi connectivity index (χ1n) is 8.72. The number of nitrogens with two attached hydrogens (primary N) is 1. The van der Waals surface area contributed by atoms with Gasteiger partial charge in [-0.1, -0.05) is 13.8 Å². The largest absolute Gasteiger partial charge is 0.379 e. The van der Waals surface area contributed by atoms with E-state index in [-0.39, 0.29) is 17.7 Å². The quantitative estimate of drug-likeness (QED) is 0.673. The monoisotopic (exact) mass is 348 g/mol. The predicted octanol–water partition coefficient (Wildman–Crippen LogP) is 0.670. The number of hydrogen-bond donors (Lipinski definition) is 3. The van der Waals surface area contributed by atoms with Crippen molar-refractivity contribution in [3.8, 4) is 0 Å². The highest BCUT2D eigenvalue weighted by molar-refractivity contribution is 5.97. The number of nitrogens with one attached hydrogen (secondary N) is 2. The molecule has 1 atom stereocenters. The zero-order valence-corrected chi connectivity index (χ0v) is 15.0. The van der Waals surface area contributed by atoms with Crippen molar-refractivity contribution in [2.75, 3.05) is 44.7 Å². The van der Waals surface area contributed by atoms with Crippen LogP contribution in [-0.2, 0) is 9.53 Å². The van der Waals surface area contributed by atoms with Crippen molar-refractivity contribution in [2.45, 2.75) is 19.9 Å². The molecular formula is C18H28N4O3. The van der Waals surface area contributed by atoms with Crippen LogP contribution in [0.3, 0.4) is 0 Å². The van der Waals surface area contributed by atoms with Gasteiger partial charge in [-0.2, -0.15) is 0 Å². The summed E-state index contributed by atoms with van der Waals surface area (Å²) in [5, 5.41) is 5.67. The molecule has 1 aliphatic heterocycles. The van der Waals surface area contributed by atoms with Crippen LogP contribution in [0.5, 0.6) is 0 Å². The fourth-order valence-corrected chi connectivity index (χ4v) is 2.49. The molecule has 7 nitrogen and oxygen atoms in total. The second kappa shape index (κ2) is 9.50. The van der Waals surface area contributed by atoms with Gasteiger partial charge >= 0.3 is 0 Å². The number of hydrogen-bond acceptors (Lipinski definition) is 5. The molecule has 0 spiro atoms. The number of morpholine rings is 1. The molecule has 0 aliphatic carbocycles. The summed E-state index contributed by atoms with van der Waals surface area (Å²) in [7, 11) is 0. The summed E-state index contributed by atoms with van der Waals surface area (Å²) in [5.41, 5.74) is 7.01. The lowest BCUT2D eigenvalue weighted by atomic mass is 10.0. The molecule has 1 aromatic carbocycles. The molecule has 1 fully saturated rings. The smallest absolute Gasteiger partial charge is 0.251 e. The average Bonchev–Trinajstić information content (AvgIpc) is 2.62. The Bertz CT molecular complexity index is 568. The molecule has 0 radical (unpaired) electrons. The van der Waals surface area contributed by atoms with Crippen molar-refractivity contribution in [1.82, 2.24) is 10.2 Å². The number of carbonyl (C=O) groups excluding carboxylic acids is 2. The van der Waals surface area contributed by atoms with E-state index in [0.717, 1.165) is 32.8 Å². The molecule has 1 heterocycles. The molecule has 2 rings (SSSR count). The lowest BCUT2D eigenvalue weighted by Crippen LogP contribution is -2.41. The Balaban J connectivity index is 1.78. The van der Waals surface area contributed by atoms with Crippen LogP contribution in [0.1, 0.15) is 24.2 Å². The highest BCUT2D eigenvalue weighted by Crippen LogP contribution is 2.11. The number of anilines is 1. The Morgan fingerprint density at radius 3 is 2.44 bits per heavy atom. The van der Waals surface area contributed by atoms with E-state index in [4.69, 9.17) is 10.5 Å². The maximum Gasteiger partial charge on any atom is 0.251 e. The molecule has 138 valence electrons. The van der Waals surface area contributed by atoms with Gasteiger partial charge in [0.1, 0.15) is 0 Å². The molecule has 1 saturated heterocycles. The van der Waals surface area contributed by atoms with E-state index in [2.05, 4.69) is 15.5 Å². The average molecular weight is 348 g/mol. The topological polar surface area (TPSA) is 96.7 Å². The Kier molecular flexibility index (Phi) is 7.36. The third-order valence-electron chi connectivity index (χ3n) is 4.25. The van der Waals surface area contributed by atoms with Crippen molar-refractivity contribution in [3.05, 3.63) is 29.8 Å². The van der Waals surface area contributed by atoms with Crippen LogP contribution in [0, 0.1) is 5.92 Å². The first-order chi connectivity index (χ1) is 12.0. The van der Waals surface area contributed by atoms with Crippen LogP contribution in [-0.4, -0.2) is 62.1 Å². The minimum Gasteiger partial charge on any atom is -0.379 e. The van der Waals surface area contributed by atoms with Crippen LogP contribution in [0.2, 0.25) is 0 Å². The number of benzene rings is 1. The van der Waals surface area contributed by atoms with Crippen LogP contribution >= 0.6 is 0 Å². The van der Waals surface area contributed by atoms with Gasteiger partial charge in [0, 0.05) is 37.4 Å². The van der Waals surface area contributed by atoms with Gasteiger partial charge in [-0.05, 0) is 30.2 Å². The molecule has 0 saturated carbocycles. The van der Waals surface area contributed by atoms with Crippen molar-refractivity contribution < 1.29 is 14.3 Å². The molecule has 2 amide bonds. The second-order valence-electron chi connectivity index (χ2n) is 6.55. The van der Waals surface area contributed by atoms with E-state index < -0.39 is 6.04 Å². The summed E-state index contributed by atoms with van der Waals surface area (Å²) in [6.07, 6.45) is 0. The van der Waals surface area contributed by atoms with Crippen molar-refractivity contribution in [3.63, 3.8) is 0 Å². The molecular weight excluding hydrogens is 320 g/mol. The summed E-state index contributed by atoms with van der Waals surface area (Å²) in [6, 6.07) is 6.26. The second-order valence-corrected chi connectivity index (χ2v) is 6.55. The van der Waals surface area contributed by atoms with E-state index in [1.165, 1.54) is 0 Å². The Morgan fingerprint density at radius 2 is 1.84 bits per heavy atom. The first-order valence-corrected chi connectivity index (χ1v) is 8.72. The van der Waals surface area contributed by atoms with E-state index in [1.54, 1.807) is 24.3 Å². The fourth-order valence-electron chi connectivity index (χ4n) is 2.49. The van der Waals surface area contributed by atoms with E-state index in [0.29, 0.717) is 17.8 Å². The molecule has 4 N–H and O–H groups in total. The Hall–Kier alpha value is -1.96. The zero-order valence-electron chi connectivity index (χ0n) is 15.0. The van der Waals surface area contributed by atoms with Crippen LogP contribution in [0.4, 0.5) is 5.69 Å². The van der Waals surface area contributed by atoms with E-state index in [9.17, 15) is 9.59 Å². The number of nitrogens with zero attached hydrogens (tertiary/aromatic N) is 1. The Morgan fingerprint density at radius 1 is 1.20 bits per heavy atom. The number of amides is 2. The van der Waals surface area contributed by atoms with Gasteiger partial charge in [0.2, 0.25) is 5.91 Å². The summed E-state index contributed by atoms with van der Waals surface area (Å²) in [4.78, 5) is 26.4. The van der Waals surface area contributed by atoms with Gasteiger partial charge in [0.25, 0.3) is 5.91 Å². The third kappa shape index (κ3) is 6.12. The first kappa shape index (κ1) is 19.4. The SMILES string of the molecule is CC(C)[C@H](N)C(=O)Nc1ccc(C(=O)NCCN2CCOCC2)cc1. The van der Waals surface area contributed by atoms with Crippen molar-refractivity contribution >= 4 is 17.5 Å². The van der Waals surface area contributed by atoms with Gasteiger partial charge in [-0.25, -0.2) is 0 Å². The minimum atomic E-state index is -0.553. The molecule has 7 heteroatoms. The lowest BCUT2D eigenvalue weighted by Gasteiger charge is -2.26. The van der Waals surface area contributed by atoms with Crippen LogP contribution < -0.4 is 16.4 Å². The summed E-state index contributed by atoms with van der Waals surface area (Å²) < 4.78 is 5.30. The van der Waals surface area contributed by atoms with Crippen LogP contribution in [0.15, 0.2) is 24.3 Å². The van der Waals surface area contributed by atoms with Crippen molar-refractivity contribution in [2.24, 2.45) is 11.7 Å². The van der Waals surface area contributed by atoms with Gasteiger partial charge in [0.15, 0.2) is 0 Å². The molecule has 0 unspecified atom stereocenters. The maximum atomic E-state index is 12.2. The third-order valence-corrected chi connectivity index (χ3v) is 4.25. The molecule has 1 aliphatic rings. The predicted molar refractivity (Wildman–Crippen MR) is 97.5 cm³/mol. The number of carbonyl (C=O) groups is 2. The maximum absolute atomic E-state index is 12.2. The normalized spacial score (nSPS) is 16.5. The van der Waals surface area contributed by atoms with Gasteiger partial charge in [-0.3, -0.25) is 14.5 Å². The molecule has 0 aromatic heterocycles. The molecule has 25 heavy (non-hydrogen) atoms. The Labute approximate surface area is 148 Å². The summed E-state index contributed by atoms with van der Waals surface area (Å²) in [5.74, 6) is -0.278. The van der Waals surface area contributed by atoms with E-state index in [1.807, 2.05) is 13.8 Å². The summed E-state index contributed by atoms with van der Waals surface area (Å²) in [6.45, 7) is 8.52. The zero-order chi connectivity index (χ0) is 18.2. The number of rotatable bonds is 7. The van der Waals surface area contributed by atoms with Crippen LogP contribution in [0.25, 0.3) is 0 Å². The van der Waals surface area contributed by atoms with Gasteiger partial charge in [0.05, 0.1) is 19.3 Å². The van der Waals surface area contributed by atoms with Crippen molar-refractivity contribution in [1.29, 1.82) is 0 Å². The fraction of sp³-hybridized carbons (Fsp3) is 0.556. The lowest BCUT2D eigenvalue weighted by molar-refractivity contribution is -0.118. The highest BCUT2D eigenvalue weighted by Gasteiger charge is 2.17. The summed E-state index contributed by atoms with van der Waals surface area (Å²) >= 11 is 0. The standard InChI is InChI=1S/C18H28N4O3/c1-13(2)16(19)18(24)21-15-5-3-14(4-6-15)17(23)20-7-8-22-9-11-25-12-10-22/h3-6,13,16H,7-12,19H2,1-2H3,(H,20,23)(H,21,24)/t16-/m0/s1. The number of ether oxygens (including phenoxy) is 1. The van der Waals surface area contributed by atoms with Gasteiger partial charge < -0.3 is 21.1 Å². The molecule has 1 aromatic rings. The van der Waals surface area contributed by atoms with Gasteiger partial charge in [-0.15, -0.1) is 0 Å². The minimum absolute atomic E-state index is 0.0662. The van der Waals surface area contributed by atoms with E-state index >= 15 is 0 Å². The molecule has 0 bridgehead atoms. The highest BCUT2D eigenvalue weighted by atomic mass is 16.5.